The molecule has 1 aromatic rings. The fourth-order valence-corrected chi connectivity index (χ4v) is 3.06. The van der Waals surface area contributed by atoms with Crippen LogP contribution in [0.25, 0.3) is 0 Å². The number of rotatable bonds is 2. The van der Waals surface area contributed by atoms with Crippen LogP contribution >= 0.6 is 11.6 Å². The van der Waals surface area contributed by atoms with Crippen molar-refractivity contribution in [1.29, 1.82) is 0 Å². The highest BCUT2D eigenvalue weighted by Gasteiger charge is 2.32. The number of hydrogen-bond donors (Lipinski definition) is 1. The van der Waals surface area contributed by atoms with Gasteiger partial charge in [0.15, 0.2) is 0 Å². The monoisotopic (exact) mass is 280 g/mol. The number of nitrogens with two attached hydrogens (primary N) is 1. The summed E-state index contributed by atoms with van der Waals surface area (Å²) in [5.74, 6) is 0.733. The Labute approximate surface area is 121 Å². The predicted octanol–water partition coefficient (Wildman–Crippen LogP) is 4.23. The number of anilines is 1. The van der Waals surface area contributed by atoms with Crippen molar-refractivity contribution in [3.8, 4) is 0 Å². The van der Waals surface area contributed by atoms with Crippen molar-refractivity contribution in [2.75, 3.05) is 18.0 Å². The van der Waals surface area contributed by atoms with Gasteiger partial charge in [0.25, 0.3) is 0 Å². The second-order valence-corrected chi connectivity index (χ2v) is 7.20. The van der Waals surface area contributed by atoms with Crippen molar-refractivity contribution in [2.24, 2.45) is 17.1 Å². The highest BCUT2D eigenvalue weighted by Crippen LogP contribution is 2.38. The second-order valence-electron chi connectivity index (χ2n) is 6.80. The number of hydrogen-bond acceptors (Lipinski definition) is 2. The largest absolute Gasteiger partial charge is 0.370 e. The van der Waals surface area contributed by atoms with Crippen molar-refractivity contribution < 1.29 is 0 Å². The van der Waals surface area contributed by atoms with Gasteiger partial charge in [-0.15, -0.1) is 0 Å². The van der Waals surface area contributed by atoms with Crippen LogP contribution in [0.2, 0.25) is 5.02 Å². The van der Waals surface area contributed by atoms with Gasteiger partial charge in [-0.2, -0.15) is 0 Å². The molecule has 0 radical (unpaired) electrons. The van der Waals surface area contributed by atoms with Gasteiger partial charge >= 0.3 is 0 Å². The molecule has 1 aliphatic rings. The Morgan fingerprint density at radius 3 is 2.53 bits per heavy atom. The first kappa shape index (κ1) is 14.7. The standard InChI is InChI=1S/C16H25ClN2/c1-11(18)12-5-6-15(14(17)9-12)19-8-7-13(10-19)16(2,3)4/h5-6,9,11,13H,7-8,10,18H2,1-4H3/t11-,13?/m1/s1. The summed E-state index contributed by atoms with van der Waals surface area (Å²) in [7, 11) is 0. The molecule has 0 amide bonds. The zero-order valence-electron chi connectivity index (χ0n) is 12.4. The van der Waals surface area contributed by atoms with Crippen molar-refractivity contribution in [2.45, 2.75) is 40.2 Å². The van der Waals surface area contributed by atoms with Crippen LogP contribution in [0.4, 0.5) is 5.69 Å². The molecule has 1 saturated heterocycles. The van der Waals surface area contributed by atoms with Gasteiger partial charge in [0.2, 0.25) is 0 Å². The molecule has 1 unspecified atom stereocenters. The summed E-state index contributed by atoms with van der Waals surface area (Å²) < 4.78 is 0. The molecule has 3 heteroatoms. The van der Waals surface area contributed by atoms with E-state index in [0.29, 0.717) is 5.41 Å². The summed E-state index contributed by atoms with van der Waals surface area (Å²) in [6, 6.07) is 6.25. The minimum absolute atomic E-state index is 0.0347. The van der Waals surface area contributed by atoms with Gasteiger partial charge in [-0.25, -0.2) is 0 Å². The Morgan fingerprint density at radius 1 is 1.37 bits per heavy atom. The van der Waals surface area contributed by atoms with E-state index in [1.54, 1.807) is 0 Å². The molecule has 2 nitrogen and oxygen atoms in total. The maximum Gasteiger partial charge on any atom is 0.0642 e. The third-order valence-electron chi connectivity index (χ3n) is 4.25. The normalized spacial score (nSPS) is 21.8. The summed E-state index contributed by atoms with van der Waals surface area (Å²) in [5.41, 5.74) is 8.51. The SMILES string of the molecule is C[C@@H](N)c1ccc(N2CCC(C(C)(C)C)C2)c(Cl)c1. The number of nitrogens with zero attached hydrogens (tertiary/aromatic N) is 1. The van der Waals surface area contributed by atoms with E-state index in [4.69, 9.17) is 17.3 Å². The number of benzene rings is 1. The Kier molecular flexibility index (Phi) is 4.12. The molecular weight excluding hydrogens is 256 g/mol. The van der Waals surface area contributed by atoms with Crippen LogP contribution in [0, 0.1) is 11.3 Å². The molecule has 2 atom stereocenters. The molecule has 2 rings (SSSR count). The molecule has 1 aromatic carbocycles. The third-order valence-corrected chi connectivity index (χ3v) is 4.55. The van der Waals surface area contributed by atoms with Crippen molar-refractivity contribution in [3.63, 3.8) is 0 Å². The molecule has 106 valence electrons. The molecule has 0 bridgehead atoms. The van der Waals surface area contributed by atoms with Gasteiger partial charge in [0.05, 0.1) is 10.7 Å². The van der Waals surface area contributed by atoms with E-state index >= 15 is 0 Å². The van der Waals surface area contributed by atoms with Crippen molar-refractivity contribution in [1.82, 2.24) is 0 Å². The first-order valence-corrected chi connectivity index (χ1v) is 7.47. The van der Waals surface area contributed by atoms with Crippen LogP contribution in [0.1, 0.15) is 45.7 Å². The second kappa shape index (κ2) is 5.34. The molecule has 2 N–H and O–H groups in total. The Hall–Kier alpha value is -0.730. The predicted molar refractivity (Wildman–Crippen MR) is 83.8 cm³/mol. The smallest absolute Gasteiger partial charge is 0.0642 e. The van der Waals surface area contributed by atoms with Crippen LogP contribution < -0.4 is 10.6 Å². The average molecular weight is 281 g/mol. The average Bonchev–Trinajstić information content (AvgIpc) is 2.77. The maximum absolute atomic E-state index is 6.42. The zero-order valence-corrected chi connectivity index (χ0v) is 13.2. The van der Waals surface area contributed by atoms with E-state index in [2.05, 4.69) is 37.8 Å². The Balaban J connectivity index is 2.16. The summed E-state index contributed by atoms with van der Waals surface area (Å²) in [4.78, 5) is 2.41. The van der Waals surface area contributed by atoms with Gasteiger partial charge in [-0.3, -0.25) is 0 Å². The molecule has 0 saturated carbocycles. The van der Waals surface area contributed by atoms with Crippen LogP contribution in [0.5, 0.6) is 0 Å². The lowest BCUT2D eigenvalue weighted by atomic mass is 9.80. The molecule has 1 aliphatic heterocycles. The summed E-state index contributed by atoms with van der Waals surface area (Å²) in [5, 5.41) is 0.823. The quantitative estimate of drug-likeness (QED) is 0.878. The minimum atomic E-state index is 0.0347. The van der Waals surface area contributed by atoms with Crippen LogP contribution in [0.15, 0.2) is 18.2 Å². The van der Waals surface area contributed by atoms with E-state index in [1.807, 2.05) is 13.0 Å². The van der Waals surface area contributed by atoms with Crippen LogP contribution in [-0.2, 0) is 0 Å². The molecule has 1 heterocycles. The lowest BCUT2D eigenvalue weighted by molar-refractivity contribution is 0.263. The van der Waals surface area contributed by atoms with Crippen LogP contribution in [-0.4, -0.2) is 13.1 Å². The fourth-order valence-electron chi connectivity index (χ4n) is 2.75. The van der Waals surface area contributed by atoms with E-state index < -0.39 is 0 Å². The molecule has 19 heavy (non-hydrogen) atoms. The van der Waals surface area contributed by atoms with Gasteiger partial charge < -0.3 is 10.6 Å². The van der Waals surface area contributed by atoms with Gasteiger partial charge in [-0.1, -0.05) is 38.4 Å². The highest BCUT2D eigenvalue weighted by atomic mass is 35.5. The van der Waals surface area contributed by atoms with Gasteiger partial charge in [0.1, 0.15) is 0 Å². The molecule has 0 aliphatic carbocycles. The summed E-state index contributed by atoms with van der Waals surface area (Å²) >= 11 is 6.42. The topological polar surface area (TPSA) is 29.3 Å². The van der Waals surface area contributed by atoms with E-state index in [1.165, 1.54) is 6.42 Å². The Morgan fingerprint density at radius 2 is 2.05 bits per heavy atom. The van der Waals surface area contributed by atoms with Crippen molar-refractivity contribution in [3.05, 3.63) is 28.8 Å². The molecule has 1 fully saturated rings. The van der Waals surface area contributed by atoms with E-state index in [0.717, 1.165) is 35.3 Å². The lowest BCUT2D eigenvalue weighted by Gasteiger charge is -2.28. The molecule has 0 aromatic heterocycles. The van der Waals surface area contributed by atoms with Crippen LogP contribution in [0.3, 0.4) is 0 Å². The van der Waals surface area contributed by atoms with E-state index in [-0.39, 0.29) is 6.04 Å². The maximum atomic E-state index is 6.42. The van der Waals surface area contributed by atoms with Gasteiger partial charge in [-0.05, 0) is 42.4 Å². The third kappa shape index (κ3) is 3.24. The minimum Gasteiger partial charge on any atom is -0.370 e. The first-order chi connectivity index (χ1) is 8.79. The molecule has 0 spiro atoms. The fraction of sp³-hybridized carbons (Fsp3) is 0.625. The molecular formula is C16H25ClN2. The summed E-state index contributed by atoms with van der Waals surface area (Å²) in [6.07, 6.45) is 1.24. The summed E-state index contributed by atoms with van der Waals surface area (Å²) in [6.45, 7) is 11.1. The highest BCUT2D eigenvalue weighted by molar-refractivity contribution is 6.33. The lowest BCUT2D eigenvalue weighted by Crippen LogP contribution is -2.26. The first-order valence-electron chi connectivity index (χ1n) is 7.09. The van der Waals surface area contributed by atoms with Crippen molar-refractivity contribution >= 4 is 17.3 Å². The van der Waals surface area contributed by atoms with Gasteiger partial charge in [0, 0.05) is 19.1 Å². The Bertz CT molecular complexity index is 449. The number of halogens is 1. The zero-order chi connectivity index (χ0) is 14.2. The van der Waals surface area contributed by atoms with E-state index in [9.17, 15) is 0 Å².